The van der Waals surface area contributed by atoms with Gasteiger partial charge in [-0.25, -0.2) is 0 Å². The maximum Gasteiger partial charge on any atom is 0.250 e. The summed E-state index contributed by atoms with van der Waals surface area (Å²) in [5.41, 5.74) is 14.2. The van der Waals surface area contributed by atoms with Gasteiger partial charge in [0.05, 0.1) is 34.6 Å². The van der Waals surface area contributed by atoms with Crippen LogP contribution in [0.5, 0.6) is 0 Å². The first-order valence-corrected chi connectivity index (χ1v) is 15.0. The Morgan fingerprint density at radius 2 is 1.90 bits per heavy atom. The van der Waals surface area contributed by atoms with Crippen LogP contribution in [0, 0.1) is 16.7 Å². The molecule has 13 heteroatoms. The standard InChI is InChI=1S/C29H26ClN7O3S2/c1-29(2)11-20-24(21(38)12-29)23(15-7-3-5-9-18(15)30)17(13-31)25(32)37(20)27-35-36-28(42-27)41-14-22(39)34-19-10-6-4-8-16(19)26(33)40/h3-10,23H,11-12,14,32H2,1-2H3,(H2,33,40)(H,34,39). The molecule has 2 heterocycles. The molecule has 1 unspecified atom stereocenters. The van der Waals surface area contributed by atoms with Crippen LogP contribution in [-0.2, 0) is 9.59 Å². The lowest BCUT2D eigenvalue weighted by Gasteiger charge is -2.42. The molecule has 42 heavy (non-hydrogen) atoms. The molecule has 5 rings (SSSR count). The first-order chi connectivity index (χ1) is 20.0. The number of nitrogens with zero attached hydrogens (tertiary/aromatic N) is 4. The van der Waals surface area contributed by atoms with Gasteiger partial charge in [0, 0.05) is 22.7 Å². The number of nitrogens with one attached hydrogen (secondary N) is 1. The highest BCUT2D eigenvalue weighted by Gasteiger charge is 2.45. The fourth-order valence-electron chi connectivity index (χ4n) is 5.22. The van der Waals surface area contributed by atoms with Crippen molar-refractivity contribution in [2.24, 2.45) is 16.9 Å². The number of nitriles is 1. The van der Waals surface area contributed by atoms with E-state index in [1.54, 1.807) is 41.3 Å². The van der Waals surface area contributed by atoms with Crippen LogP contribution in [-0.4, -0.2) is 33.5 Å². The minimum absolute atomic E-state index is 0.00938. The van der Waals surface area contributed by atoms with E-state index in [0.717, 1.165) is 11.8 Å². The molecule has 3 aromatic rings. The second-order valence-corrected chi connectivity index (χ2v) is 13.2. The monoisotopic (exact) mass is 619 g/mol. The summed E-state index contributed by atoms with van der Waals surface area (Å²) in [6.45, 7) is 4.01. The van der Waals surface area contributed by atoms with E-state index in [2.05, 4.69) is 21.6 Å². The van der Waals surface area contributed by atoms with Gasteiger partial charge in [-0.2, -0.15) is 5.26 Å². The molecular weight excluding hydrogens is 594 g/mol. The molecule has 1 aliphatic carbocycles. The number of aromatic nitrogens is 2. The summed E-state index contributed by atoms with van der Waals surface area (Å²) in [6.07, 6.45) is 0.822. The van der Waals surface area contributed by atoms with Crippen LogP contribution in [0.15, 0.2) is 75.5 Å². The van der Waals surface area contributed by atoms with E-state index in [-0.39, 0.29) is 39.8 Å². The number of nitrogens with two attached hydrogens (primary N) is 2. The predicted molar refractivity (Wildman–Crippen MR) is 163 cm³/mol. The van der Waals surface area contributed by atoms with Crippen LogP contribution in [0.2, 0.25) is 5.02 Å². The fourth-order valence-corrected chi connectivity index (χ4v) is 7.14. The van der Waals surface area contributed by atoms with Crippen LogP contribution < -0.4 is 21.7 Å². The maximum absolute atomic E-state index is 13.7. The molecule has 0 saturated heterocycles. The number of amides is 2. The number of para-hydroxylation sites is 1. The van der Waals surface area contributed by atoms with Crippen molar-refractivity contribution in [1.82, 2.24) is 10.2 Å². The van der Waals surface area contributed by atoms with Crippen molar-refractivity contribution in [2.75, 3.05) is 16.0 Å². The normalized spacial score (nSPS) is 18.0. The lowest BCUT2D eigenvalue weighted by Crippen LogP contribution is -2.42. The number of rotatable bonds is 7. The second-order valence-electron chi connectivity index (χ2n) is 10.6. The minimum atomic E-state index is -0.702. The number of thioether (sulfide) groups is 1. The Morgan fingerprint density at radius 1 is 1.19 bits per heavy atom. The summed E-state index contributed by atoms with van der Waals surface area (Å²) in [5, 5.41) is 22.3. The van der Waals surface area contributed by atoms with Crippen LogP contribution in [0.1, 0.15) is 48.5 Å². The third-order valence-electron chi connectivity index (χ3n) is 6.98. The average molecular weight is 620 g/mol. The van der Waals surface area contributed by atoms with Gasteiger partial charge in [-0.15, -0.1) is 10.2 Å². The fraction of sp³-hybridized carbons (Fsp3) is 0.241. The number of carbonyl (C=O) groups is 3. The number of ketones is 1. The Balaban J connectivity index is 1.46. The molecule has 2 amide bonds. The number of anilines is 2. The molecule has 1 aliphatic heterocycles. The molecule has 0 radical (unpaired) electrons. The van der Waals surface area contributed by atoms with Gasteiger partial charge in [0.25, 0.3) is 5.91 Å². The third kappa shape index (κ3) is 5.63. The number of hydrogen-bond acceptors (Lipinski definition) is 10. The Bertz CT molecular complexity index is 1720. The van der Waals surface area contributed by atoms with Crippen molar-refractivity contribution >= 4 is 63.1 Å². The van der Waals surface area contributed by atoms with E-state index in [1.165, 1.54) is 17.4 Å². The Labute approximate surface area is 255 Å². The quantitative estimate of drug-likeness (QED) is 0.309. The molecule has 1 aromatic heterocycles. The number of benzene rings is 2. The predicted octanol–water partition coefficient (Wildman–Crippen LogP) is 4.96. The highest BCUT2D eigenvalue weighted by molar-refractivity contribution is 8.01. The zero-order valence-electron chi connectivity index (χ0n) is 22.7. The molecule has 2 aromatic carbocycles. The summed E-state index contributed by atoms with van der Waals surface area (Å²) in [5.74, 6) is -1.64. The zero-order chi connectivity index (χ0) is 30.2. The lowest BCUT2D eigenvalue weighted by atomic mass is 9.68. The highest BCUT2D eigenvalue weighted by atomic mass is 35.5. The smallest absolute Gasteiger partial charge is 0.250 e. The SMILES string of the molecule is CC1(C)CC(=O)C2=C(C1)N(c1nnc(SCC(=O)Nc3ccccc3C(N)=O)s1)C(N)=C(C#N)C2c1ccccc1Cl. The molecular formula is C29H26ClN7O3S2. The summed E-state index contributed by atoms with van der Waals surface area (Å²) in [6, 6.07) is 15.8. The lowest BCUT2D eigenvalue weighted by molar-refractivity contribution is -0.118. The minimum Gasteiger partial charge on any atom is -0.384 e. The van der Waals surface area contributed by atoms with Gasteiger partial charge in [0.15, 0.2) is 10.1 Å². The van der Waals surface area contributed by atoms with E-state index >= 15 is 0 Å². The summed E-state index contributed by atoms with van der Waals surface area (Å²) < 4.78 is 0.478. The van der Waals surface area contributed by atoms with Gasteiger partial charge in [-0.3, -0.25) is 19.3 Å². The Kier molecular flexibility index (Phi) is 8.10. The Hall–Kier alpha value is -4.18. The molecule has 214 valence electrons. The van der Waals surface area contributed by atoms with Crippen molar-refractivity contribution in [1.29, 1.82) is 5.26 Å². The molecule has 5 N–H and O–H groups in total. The van der Waals surface area contributed by atoms with E-state index in [9.17, 15) is 19.6 Å². The van der Waals surface area contributed by atoms with Crippen LogP contribution in [0.25, 0.3) is 0 Å². The second kappa shape index (κ2) is 11.6. The van der Waals surface area contributed by atoms with Gasteiger partial charge in [0.2, 0.25) is 11.0 Å². The first kappa shape index (κ1) is 29.3. The zero-order valence-corrected chi connectivity index (χ0v) is 25.1. The van der Waals surface area contributed by atoms with Crippen molar-refractivity contribution in [3.05, 3.63) is 87.3 Å². The number of halogens is 1. The van der Waals surface area contributed by atoms with Crippen molar-refractivity contribution in [2.45, 2.75) is 36.9 Å². The third-order valence-corrected chi connectivity index (χ3v) is 9.36. The van der Waals surface area contributed by atoms with Gasteiger partial charge in [-0.1, -0.05) is 78.9 Å². The topological polar surface area (TPSA) is 168 Å². The molecule has 0 fully saturated rings. The van der Waals surface area contributed by atoms with Crippen molar-refractivity contribution in [3.63, 3.8) is 0 Å². The number of primary amides is 1. The van der Waals surface area contributed by atoms with Crippen LogP contribution in [0.3, 0.4) is 0 Å². The molecule has 10 nitrogen and oxygen atoms in total. The number of allylic oxidation sites excluding steroid dienone is 3. The number of carbonyl (C=O) groups excluding carboxylic acids is 3. The summed E-state index contributed by atoms with van der Waals surface area (Å²) >= 11 is 8.89. The molecule has 0 spiro atoms. The first-order valence-electron chi connectivity index (χ1n) is 12.9. The van der Waals surface area contributed by atoms with Gasteiger partial charge < -0.3 is 16.8 Å². The highest BCUT2D eigenvalue weighted by Crippen LogP contribution is 2.51. The summed E-state index contributed by atoms with van der Waals surface area (Å²) in [4.78, 5) is 39.6. The van der Waals surface area contributed by atoms with Crippen LogP contribution in [0.4, 0.5) is 10.8 Å². The maximum atomic E-state index is 13.7. The number of hydrogen-bond donors (Lipinski definition) is 3. The van der Waals surface area contributed by atoms with Crippen LogP contribution >= 0.6 is 34.7 Å². The van der Waals surface area contributed by atoms with E-state index < -0.39 is 11.8 Å². The van der Waals surface area contributed by atoms with E-state index in [4.69, 9.17) is 23.1 Å². The number of Topliss-reactive ketones (excluding diaryl/α,β-unsaturated/α-hetero) is 1. The summed E-state index contributed by atoms with van der Waals surface area (Å²) in [7, 11) is 0. The van der Waals surface area contributed by atoms with E-state index in [0.29, 0.717) is 49.9 Å². The largest absolute Gasteiger partial charge is 0.384 e. The van der Waals surface area contributed by atoms with Crippen molar-refractivity contribution < 1.29 is 14.4 Å². The van der Waals surface area contributed by atoms with Gasteiger partial charge >= 0.3 is 0 Å². The molecule has 0 saturated carbocycles. The van der Waals surface area contributed by atoms with Crippen molar-refractivity contribution in [3.8, 4) is 6.07 Å². The van der Waals surface area contributed by atoms with E-state index in [1.807, 2.05) is 19.9 Å². The average Bonchev–Trinajstić information content (AvgIpc) is 3.39. The molecule has 0 bridgehead atoms. The van der Waals surface area contributed by atoms with Gasteiger partial charge in [-0.05, 0) is 35.6 Å². The molecule has 1 atom stereocenters. The van der Waals surface area contributed by atoms with Gasteiger partial charge in [0.1, 0.15) is 5.82 Å². The Morgan fingerprint density at radius 3 is 2.62 bits per heavy atom. The molecule has 2 aliphatic rings.